The van der Waals surface area contributed by atoms with Gasteiger partial charge < -0.3 is 19.8 Å². The van der Waals surface area contributed by atoms with Crippen molar-refractivity contribution in [3.8, 4) is 0 Å². The number of fused-ring (bicyclic) bond motifs is 7. The first-order chi connectivity index (χ1) is 26.4. The van der Waals surface area contributed by atoms with Crippen molar-refractivity contribution >= 4 is 17.7 Å². The van der Waals surface area contributed by atoms with E-state index >= 15 is 0 Å². The third kappa shape index (κ3) is 7.47. The molecule has 1 aromatic carbocycles. The Kier molecular flexibility index (Phi) is 11.9. The molecule has 0 spiro atoms. The molecule has 4 saturated carbocycles. The van der Waals surface area contributed by atoms with Crippen LogP contribution in [0, 0.1) is 62.0 Å². The fourth-order valence-electron chi connectivity index (χ4n) is 13.8. The zero-order valence-electron chi connectivity index (χ0n) is 37.0. The van der Waals surface area contributed by atoms with Gasteiger partial charge in [0, 0.05) is 43.4 Å². The lowest BCUT2D eigenvalue weighted by atomic mass is 9.33. The standard InChI is InChI=1S/C48H73FN2O6/c1-30(2)40-34(52)26-48(37(53)29-51(25-24-50(10)11)28-31-12-14-32(49)15-13-31)23-22-46(8)33(41(40)48)16-17-36-45(7)20-19-38(57-39(54)27-43(3,4)42(55)56)44(5,6)35(45)18-21-47(36,46)9/h12-15,30,33,35-38,53H,16-29H2,1-11H3,(H,55,56)/t33-,35+,36-,37+,38+,45+,46-,47-,48+/m1/s1. The van der Waals surface area contributed by atoms with Crippen molar-refractivity contribution in [2.75, 3.05) is 33.7 Å². The average molecular weight is 793 g/mol. The maximum atomic E-state index is 14.3. The molecular weight excluding hydrogens is 720 g/mol. The average Bonchev–Trinajstić information content (AvgIpc) is 3.42. The molecule has 0 saturated heterocycles. The number of nitrogens with zero attached hydrogens (tertiary/aromatic N) is 2. The SMILES string of the molecule is CC(C)C1=C2[C@H]3CC[C@@H]4[C@@]5(C)CC[C@H](OC(=O)CC(C)(C)C(=O)O)C(C)(C)[C@@H]5CC[C@@]4(C)[C@]3(C)CC[C@@]2([C@@H](O)CN(CCN(C)C)Cc2ccc(F)cc2)CC1=O. The topological polar surface area (TPSA) is 107 Å². The summed E-state index contributed by atoms with van der Waals surface area (Å²) < 4.78 is 20.0. The molecule has 0 bridgehead atoms. The lowest BCUT2D eigenvalue weighted by molar-refractivity contribution is -0.235. The molecule has 0 heterocycles. The van der Waals surface area contributed by atoms with Gasteiger partial charge in [0.1, 0.15) is 11.9 Å². The summed E-state index contributed by atoms with van der Waals surface area (Å²) in [5.41, 5.74) is 1.21. The number of Topliss-reactive ketones (excluding diaryl/α,β-unsaturated/α-hetero) is 1. The predicted octanol–water partition coefficient (Wildman–Crippen LogP) is 8.94. The van der Waals surface area contributed by atoms with Crippen molar-refractivity contribution in [2.24, 2.45) is 56.2 Å². The number of carbonyl (C=O) groups excluding carboxylic acids is 2. The van der Waals surface area contributed by atoms with E-state index in [1.165, 1.54) is 17.7 Å². The number of rotatable bonds is 13. The molecule has 0 aromatic heterocycles. The van der Waals surface area contributed by atoms with E-state index in [9.17, 15) is 29.0 Å². The van der Waals surface area contributed by atoms with Gasteiger partial charge in [-0.3, -0.25) is 19.3 Å². The van der Waals surface area contributed by atoms with E-state index in [4.69, 9.17) is 4.74 Å². The molecule has 1 aromatic rings. The van der Waals surface area contributed by atoms with Crippen LogP contribution in [0.4, 0.5) is 4.39 Å². The second kappa shape index (κ2) is 15.4. The lowest BCUT2D eigenvalue weighted by Crippen LogP contribution is -2.66. The van der Waals surface area contributed by atoms with Gasteiger partial charge in [-0.2, -0.15) is 0 Å². The largest absolute Gasteiger partial charge is 0.481 e. The normalized spacial score (nSPS) is 35.5. The van der Waals surface area contributed by atoms with Crippen molar-refractivity contribution in [3.63, 3.8) is 0 Å². The van der Waals surface area contributed by atoms with Crippen LogP contribution in [-0.2, 0) is 25.7 Å². The number of carboxylic acids is 1. The number of carbonyl (C=O) groups is 3. The van der Waals surface area contributed by atoms with E-state index in [-0.39, 0.29) is 57.6 Å². The van der Waals surface area contributed by atoms with Gasteiger partial charge in [0.15, 0.2) is 5.78 Å². The van der Waals surface area contributed by atoms with Crippen LogP contribution in [0.2, 0.25) is 0 Å². The molecule has 8 nitrogen and oxygen atoms in total. The van der Waals surface area contributed by atoms with Crippen LogP contribution in [0.3, 0.4) is 0 Å². The molecule has 9 heteroatoms. The number of allylic oxidation sites excluding steroid dienone is 1. The van der Waals surface area contributed by atoms with Crippen molar-refractivity contribution in [3.05, 3.63) is 46.8 Å². The highest BCUT2D eigenvalue weighted by Crippen LogP contribution is 2.77. The first kappa shape index (κ1) is 43.9. The van der Waals surface area contributed by atoms with Gasteiger partial charge in [-0.15, -0.1) is 0 Å². The molecule has 4 fully saturated rings. The minimum absolute atomic E-state index is 0.0183. The van der Waals surface area contributed by atoms with Gasteiger partial charge in [0.05, 0.1) is 17.9 Å². The highest BCUT2D eigenvalue weighted by molar-refractivity contribution is 6.00. The Morgan fingerprint density at radius 1 is 0.912 bits per heavy atom. The molecule has 0 radical (unpaired) electrons. The predicted molar refractivity (Wildman–Crippen MR) is 222 cm³/mol. The van der Waals surface area contributed by atoms with E-state index in [0.29, 0.717) is 31.3 Å². The molecule has 318 valence electrons. The smallest absolute Gasteiger partial charge is 0.309 e. The molecule has 5 aliphatic carbocycles. The Labute approximate surface area is 342 Å². The Morgan fingerprint density at radius 2 is 1.58 bits per heavy atom. The molecular formula is C48H73FN2O6. The molecule has 5 aliphatic rings. The molecule has 57 heavy (non-hydrogen) atoms. The number of aliphatic hydroxyl groups is 1. The summed E-state index contributed by atoms with van der Waals surface area (Å²) in [7, 11) is 4.10. The first-order valence-corrected chi connectivity index (χ1v) is 21.9. The number of halogens is 1. The summed E-state index contributed by atoms with van der Waals surface area (Å²) in [5, 5.41) is 22.3. The van der Waals surface area contributed by atoms with Gasteiger partial charge in [-0.25, -0.2) is 4.39 Å². The Balaban J connectivity index is 1.29. The van der Waals surface area contributed by atoms with Gasteiger partial charge in [0.2, 0.25) is 0 Å². The molecule has 2 N–H and O–H groups in total. The van der Waals surface area contributed by atoms with Crippen LogP contribution >= 0.6 is 0 Å². The van der Waals surface area contributed by atoms with E-state index in [1.807, 2.05) is 12.1 Å². The number of hydrogen-bond donors (Lipinski definition) is 2. The summed E-state index contributed by atoms with van der Waals surface area (Å²) in [5.74, 6) is -0.380. The van der Waals surface area contributed by atoms with Gasteiger partial charge in [-0.1, -0.05) is 66.2 Å². The Bertz CT molecular complexity index is 1740. The highest BCUT2D eigenvalue weighted by atomic mass is 19.1. The number of aliphatic hydroxyl groups excluding tert-OH is 1. The van der Waals surface area contributed by atoms with Crippen LogP contribution in [0.15, 0.2) is 35.4 Å². The Morgan fingerprint density at radius 3 is 2.19 bits per heavy atom. The van der Waals surface area contributed by atoms with Crippen LogP contribution in [0.25, 0.3) is 0 Å². The molecule has 0 unspecified atom stereocenters. The maximum absolute atomic E-state index is 14.3. The van der Waals surface area contributed by atoms with Gasteiger partial charge in [0.25, 0.3) is 0 Å². The minimum atomic E-state index is -1.18. The maximum Gasteiger partial charge on any atom is 0.309 e. The van der Waals surface area contributed by atoms with E-state index < -0.39 is 28.9 Å². The zero-order chi connectivity index (χ0) is 42.1. The second-order valence-corrected chi connectivity index (χ2v) is 21.7. The fourth-order valence-corrected chi connectivity index (χ4v) is 13.8. The van der Waals surface area contributed by atoms with Gasteiger partial charge in [-0.05, 0) is 142 Å². The second-order valence-electron chi connectivity index (χ2n) is 21.7. The number of hydrogen-bond acceptors (Lipinski definition) is 7. The van der Waals surface area contributed by atoms with E-state index in [0.717, 1.165) is 75.6 Å². The number of likely N-dealkylation sites (N-methyl/N-ethyl adjacent to an activating group) is 1. The summed E-state index contributed by atoms with van der Waals surface area (Å²) >= 11 is 0. The molecule has 0 amide bonds. The number of benzene rings is 1. The monoisotopic (exact) mass is 793 g/mol. The number of carboxylic acid groups (broad SMARTS) is 1. The van der Waals surface area contributed by atoms with Crippen molar-refractivity contribution in [2.45, 2.75) is 145 Å². The number of aliphatic carboxylic acids is 1. The van der Waals surface area contributed by atoms with Crippen molar-refractivity contribution in [1.82, 2.24) is 9.80 Å². The Hall–Kier alpha value is -2.62. The first-order valence-electron chi connectivity index (χ1n) is 21.9. The summed E-state index contributed by atoms with van der Waals surface area (Å²) in [6, 6.07) is 6.65. The van der Waals surface area contributed by atoms with Gasteiger partial charge >= 0.3 is 11.9 Å². The minimum Gasteiger partial charge on any atom is -0.481 e. The summed E-state index contributed by atoms with van der Waals surface area (Å²) in [4.78, 5) is 43.7. The summed E-state index contributed by atoms with van der Waals surface area (Å²) in [6.07, 6.45) is 6.88. The van der Waals surface area contributed by atoms with E-state index in [1.54, 1.807) is 13.8 Å². The fraction of sp³-hybridized carbons (Fsp3) is 0.771. The molecule has 6 rings (SSSR count). The lowest BCUT2D eigenvalue weighted by Gasteiger charge is -2.72. The molecule has 0 aliphatic heterocycles. The third-order valence-electron chi connectivity index (χ3n) is 17.1. The van der Waals surface area contributed by atoms with E-state index in [2.05, 4.69) is 72.4 Å². The number of ether oxygens (including phenoxy) is 1. The van der Waals surface area contributed by atoms with Crippen molar-refractivity contribution < 1.29 is 33.7 Å². The summed E-state index contributed by atoms with van der Waals surface area (Å²) in [6.45, 7) is 22.2. The van der Waals surface area contributed by atoms with Crippen molar-refractivity contribution in [1.29, 1.82) is 0 Å². The van der Waals surface area contributed by atoms with Crippen LogP contribution in [-0.4, -0.2) is 83.7 Å². The van der Waals surface area contributed by atoms with Crippen LogP contribution < -0.4 is 0 Å². The van der Waals surface area contributed by atoms with Crippen LogP contribution in [0.1, 0.15) is 132 Å². The number of esters is 1. The highest BCUT2D eigenvalue weighted by Gasteiger charge is 2.71. The third-order valence-corrected chi connectivity index (χ3v) is 17.1. The number of ketones is 1. The molecule has 9 atom stereocenters. The quantitative estimate of drug-likeness (QED) is 0.191. The zero-order valence-corrected chi connectivity index (χ0v) is 37.0. The van der Waals surface area contributed by atoms with Crippen LogP contribution in [0.5, 0.6) is 0 Å².